The van der Waals surface area contributed by atoms with Crippen LogP contribution in [0.2, 0.25) is 5.02 Å². The molecule has 0 spiro atoms. The second-order valence-electron chi connectivity index (χ2n) is 7.61. The van der Waals surface area contributed by atoms with Crippen LogP contribution in [0.4, 0.5) is 0 Å². The first-order valence-corrected chi connectivity index (χ1v) is 11.4. The lowest BCUT2D eigenvalue weighted by molar-refractivity contribution is -0.126. The van der Waals surface area contributed by atoms with Crippen LogP contribution in [-0.2, 0) is 11.2 Å². The van der Waals surface area contributed by atoms with Crippen molar-refractivity contribution in [3.63, 3.8) is 0 Å². The quantitative estimate of drug-likeness (QED) is 0.605. The van der Waals surface area contributed by atoms with Crippen LogP contribution in [0, 0.1) is 6.92 Å². The minimum absolute atomic E-state index is 0.0580. The highest BCUT2D eigenvalue weighted by molar-refractivity contribution is 7.12. The van der Waals surface area contributed by atoms with Crippen molar-refractivity contribution in [3.05, 3.63) is 92.6 Å². The van der Waals surface area contributed by atoms with Gasteiger partial charge in [-0.3, -0.25) is 15.1 Å². The number of aryl methyl sites for hydroxylation is 1. The molecule has 1 N–H and O–H groups in total. The Bertz CT molecular complexity index is 966. The molecule has 1 aromatic heterocycles. The van der Waals surface area contributed by atoms with Gasteiger partial charge in [0.25, 0.3) is 0 Å². The molecule has 2 heterocycles. The number of nitrogens with zero attached hydrogens (tertiary/aromatic N) is 2. The molecule has 0 aliphatic carbocycles. The number of benzene rings is 2. The minimum atomic E-state index is 0.0580. The predicted octanol–water partition coefficient (Wildman–Crippen LogP) is 4.69. The topological polar surface area (TPSA) is 35.6 Å². The van der Waals surface area contributed by atoms with Gasteiger partial charge in [0, 0.05) is 41.0 Å². The number of carbonyl (C=O) groups excluding carboxylic acids is 1. The van der Waals surface area contributed by atoms with E-state index in [9.17, 15) is 4.79 Å². The number of piperazine rings is 1. The molecule has 1 saturated heterocycles. The Hall–Kier alpha value is -2.18. The number of carbonyl (C=O) groups is 1. The van der Waals surface area contributed by atoms with Gasteiger partial charge in [-0.2, -0.15) is 0 Å². The highest BCUT2D eigenvalue weighted by Crippen LogP contribution is 2.30. The zero-order valence-corrected chi connectivity index (χ0v) is 18.6. The number of amides is 1. The Morgan fingerprint density at radius 3 is 2.27 bits per heavy atom. The van der Waals surface area contributed by atoms with E-state index < -0.39 is 0 Å². The van der Waals surface area contributed by atoms with Crippen molar-refractivity contribution in [2.75, 3.05) is 26.2 Å². The Kier molecular flexibility index (Phi) is 6.85. The maximum atomic E-state index is 12.4. The Balaban J connectivity index is 1.40. The van der Waals surface area contributed by atoms with E-state index in [-0.39, 0.29) is 11.9 Å². The Morgan fingerprint density at radius 1 is 0.967 bits per heavy atom. The van der Waals surface area contributed by atoms with Crippen LogP contribution in [-0.4, -0.2) is 42.0 Å². The summed E-state index contributed by atoms with van der Waals surface area (Å²) < 4.78 is 0. The molecule has 1 unspecified atom stereocenters. The van der Waals surface area contributed by atoms with Gasteiger partial charge < -0.3 is 0 Å². The molecular weight excluding hydrogens is 414 g/mol. The third kappa shape index (κ3) is 5.29. The van der Waals surface area contributed by atoms with Crippen molar-refractivity contribution >= 4 is 28.8 Å². The fourth-order valence-electron chi connectivity index (χ4n) is 3.94. The molecule has 4 nitrogen and oxygen atoms in total. The first-order valence-electron chi connectivity index (χ1n) is 10.2. The molecule has 0 saturated carbocycles. The summed E-state index contributed by atoms with van der Waals surface area (Å²) in [5.41, 5.74) is 5.58. The van der Waals surface area contributed by atoms with Crippen molar-refractivity contribution < 1.29 is 4.79 Å². The van der Waals surface area contributed by atoms with Gasteiger partial charge in [0.15, 0.2) is 0 Å². The zero-order chi connectivity index (χ0) is 20.9. The molecule has 1 aliphatic heterocycles. The monoisotopic (exact) mass is 439 g/mol. The molecule has 1 aliphatic rings. The van der Waals surface area contributed by atoms with Crippen molar-refractivity contribution in [2.24, 2.45) is 0 Å². The molecule has 0 bridgehead atoms. The third-order valence-corrected chi connectivity index (χ3v) is 6.65. The number of rotatable bonds is 6. The van der Waals surface area contributed by atoms with E-state index >= 15 is 0 Å². The number of hydrazine groups is 1. The molecule has 4 rings (SSSR count). The smallest absolute Gasteiger partial charge is 0.239 e. The number of nitrogens with one attached hydrogen (secondary N) is 1. The molecule has 1 fully saturated rings. The van der Waals surface area contributed by atoms with Crippen molar-refractivity contribution in [1.29, 1.82) is 0 Å². The first-order chi connectivity index (χ1) is 14.6. The summed E-state index contributed by atoms with van der Waals surface area (Å²) in [7, 11) is 0. The van der Waals surface area contributed by atoms with Crippen molar-refractivity contribution in [2.45, 2.75) is 19.4 Å². The van der Waals surface area contributed by atoms with Gasteiger partial charge >= 0.3 is 0 Å². The van der Waals surface area contributed by atoms with E-state index in [4.69, 9.17) is 11.6 Å². The van der Waals surface area contributed by atoms with Gasteiger partial charge in [-0.1, -0.05) is 54.1 Å². The lowest BCUT2D eigenvalue weighted by Gasteiger charge is -2.39. The van der Waals surface area contributed by atoms with E-state index in [1.807, 2.05) is 29.3 Å². The van der Waals surface area contributed by atoms with Gasteiger partial charge in [-0.15, -0.1) is 11.3 Å². The van der Waals surface area contributed by atoms with Gasteiger partial charge in [-0.25, -0.2) is 5.01 Å². The van der Waals surface area contributed by atoms with Crippen LogP contribution in [0.15, 0.2) is 66.7 Å². The highest BCUT2D eigenvalue weighted by Gasteiger charge is 2.27. The summed E-state index contributed by atoms with van der Waals surface area (Å²) in [6, 6.07) is 23.0. The molecule has 0 radical (unpaired) electrons. The summed E-state index contributed by atoms with van der Waals surface area (Å²) >= 11 is 7.80. The van der Waals surface area contributed by atoms with Crippen LogP contribution >= 0.6 is 22.9 Å². The lowest BCUT2D eigenvalue weighted by atomic mass is 9.96. The molecule has 1 atom stereocenters. The van der Waals surface area contributed by atoms with E-state index in [2.05, 4.69) is 59.7 Å². The molecule has 30 heavy (non-hydrogen) atoms. The number of thiophene rings is 1. The molecule has 2 aromatic carbocycles. The van der Waals surface area contributed by atoms with Gasteiger partial charge in [0.05, 0.1) is 12.5 Å². The molecular formula is C24H26ClN3OS. The van der Waals surface area contributed by atoms with Gasteiger partial charge in [0.2, 0.25) is 5.91 Å². The summed E-state index contributed by atoms with van der Waals surface area (Å²) in [4.78, 5) is 17.2. The minimum Gasteiger partial charge on any atom is -0.290 e. The van der Waals surface area contributed by atoms with E-state index in [0.717, 1.165) is 36.1 Å². The SMILES string of the molecule is Cc1ccc(CC(=O)NN2CCN(C(c3ccccc3)c3ccc(Cl)cc3)CC2)s1. The Morgan fingerprint density at radius 2 is 1.63 bits per heavy atom. The van der Waals surface area contributed by atoms with Crippen LogP contribution in [0.5, 0.6) is 0 Å². The van der Waals surface area contributed by atoms with E-state index in [1.54, 1.807) is 11.3 Å². The normalized spacial score (nSPS) is 16.3. The molecule has 6 heteroatoms. The summed E-state index contributed by atoms with van der Waals surface area (Å²) in [6.07, 6.45) is 0.441. The van der Waals surface area contributed by atoms with Crippen molar-refractivity contribution in [3.8, 4) is 0 Å². The summed E-state index contributed by atoms with van der Waals surface area (Å²) in [6.45, 7) is 5.41. The lowest BCUT2D eigenvalue weighted by Crippen LogP contribution is -2.54. The number of hydrogen-bond acceptors (Lipinski definition) is 4. The molecule has 1 amide bonds. The predicted molar refractivity (Wildman–Crippen MR) is 124 cm³/mol. The average Bonchev–Trinajstić information content (AvgIpc) is 3.16. The molecule has 3 aromatic rings. The highest BCUT2D eigenvalue weighted by atomic mass is 35.5. The van der Waals surface area contributed by atoms with Crippen LogP contribution in [0.3, 0.4) is 0 Å². The Labute approximate surface area is 187 Å². The van der Waals surface area contributed by atoms with Crippen LogP contribution in [0.25, 0.3) is 0 Å². The number of halogens is 1. The number of hydrogen-bond donors (Lipinski definition) is 1. The fraction of sp³-hybridized carbons (Fsp3) is 0.292. The maximum absolute atomic E-state index is 12.4. The summed E-state index contributed by atoms with van der Waals surface area (Å²) in [5, 5.41) is 2.79. The largest absolute Gasteiger partial charge is 0.290 e. The third-order valence-electron chi connectivity index (χ3n) is 5.39. The van der Waals surface area contributed by atoms with E-state index in [1.165, 1.54) is 16.0 Å². The van der Waals surface area contributed by atoms with Crippen LogP contribution in [0.1, 0.15) is 26.9 Å². The maximum Gasteiger partial charge on any atom is 0.239 e. The fourth-order valence-corrected chi connectivity index (χ4v) is 4.96. The first kappa shape index (κ1) is 21.1. The second kappa shape index (κ2) is 9.75. The van der Waals surface area contributed by atoms with Crippen molar-refractivity contribution in [1.82, 2.24) is 15.3 Å². The van der Waals surface area contributed by atoms with Gasteiger partial charge in [-0.05, 0) is 42.3 Å². The standard InChI is InChI=1S/C24H26ClN3OS/c1-18-7-12-22(30-18)17-23(29)26-28-15-13-27(14-16-28)24(19-5-3-2-4-6-19)20-8-10-21(25)11-9-20/h2-12,24H,13-17H2,1H3,(H,26,29). The van der Waals surface area contributed by atoms with Gasteiger partial charge in [0.1, 0.15) is 0 Å². The van der Waals surface area contributed by atoms with Crippen LogP contribution < -0.4 is 5.43 Å². The average molecular weight is 440 g/mol. The second-order valence-corrected chi connectivity index (χ2v) is 9.42. The molecule has 156 valence electrons. The summed E-state index contributed by atoms with van der Waals surface area (Å²) in [5.74, 6) is 0.0580. The van der Waals surface area contributed by atoms with E-state index in [0.29, 0.717) is 6.42 Å². The zero-order valence-electron chi connectivity index (χ0n) is 17.1.